The minimum absolute atomic E-state index is 0.645. The van der Waals surface area contributed by atoms with E-state index in [1.165, 1.54) is 5.32 Å². The van der Waals surface area contributed by atoms with Crippen molar-refractivity contribution in [2.45, 2.75) is 12.2 Å². The maximum absolute atomic E-state index is 4.94. The summed E-state index contributed by atoms with van der Waals surface area (Å²) >= 11 is 0.645. The molecule has 0 saturated carbocycles. The Kier molecular flexibility index (Phi) is 5.67. The van der Waals surface area contributed by atoms with Gasteiger partial charge in [-0.1, -0.05) is 0 Å². The average Bonchev–Trinajstić information content (AvgIpc) is 1.69. The van der Waals surface area contributed by atoms with Crippen LogP contribution in [0.25, 0.3) is 0 Å². The molecule has 0 aliphatic carbocycles. The molecule has 0 rings (SSSR count). The van der Waals surface area contributed by atoms with Crippen LogP contribution < -0.4 is 0 Å². The fraction of sp³-hybridized carbons (Fsp3) is 0.333. The zero-order valence-corrected chi connectivity index (χ0v) is 6.06. The van der Waals surface area contributed by atoms with Crippen LogP contribution in [0.15, 0.2) is 11.1 Å². The molecule has 0 atom stereocenters. The van der Waals surface area contributed by atoms with Crippen LogP contribution >= 0.6 is 0 Å². The van der Waals surface area contributed by atoms with Crippen molar-refractivity contribution in [3.8, 4) is 12.3 Å². The average molecular weight is 159 g/mol. The van der Waals surface area contributed by atoms with E-state index in [1.54, 1.807) is 6.08 Å². The predicted octanol–water partition coefficient (Wildman–Crippen LogP) is 1.28. The number of allylic oxidation sites excluding steroid dienone is 1. The molecule has 38 valence electrons. The van der Waals surface area contributed by atoms with Crippen LogP contribution in [0, 0.1) is 12.3 Å². The predicted molar refractivity (Wildman–Crippen MR) is 34.2 cm³/mol. The molecule has 0 N–H and O–H groups in total. The summed E-state index contributed by atoms with van der Waals surface area (Å²) in [5.74, 6) is 2.44. The molecule has 0 heterocycles. The van der Waals surface area contributed by atoms with Crippen molar-refractivity contribution in [3.63, 3.8) is 0 Å². The SMILES string of the molecule is C#CC=C[Se]CC. The minimum atomic E-state index is 0.645. The van der Waals surface area contributed by atoms with Crippen LogP contribution in [0.5, 0.6) is 0 Å². The first kappa shape index (κ1) is 6.82. The Hall–Kier alpha value is -0.181. The van der Waals surface area contributed by atoms with Gasteiger partial charge in [0, 0.05) is 0 Å². The van der Waals surface area contributed by atoms with Crippen LogP contribution in [0.4, 0.5) is 0 Å². The van der Waals surface area contributed by atoms with Crippen LogP contribution in [0.2, 0.25) is 5.32 Å². The van der Waals surface area contributed by atoms with Crippen molar-refractivity contribution in [1.29, 1.82) is 0 Å². The molecule has 0 unspecified atom stereocenters. The van der Waals surface area contributed by atoms with Gasteiger partial charge in [0.25, 0.3) is 0 Å². The summed E-state index contributed by atoms with van der Waals surface area (Å²) in [6, 6.07) is 0. The van der Waals surface area contributed by atoms with Gasteiger partial charge in [0.1, 0.15) is 0 Å². The van der Waals surface area contributed by atoms with Crippen LogP contribution in [0.3, 0.4) is 0 Å². The number of terminal acetylenes is 1. The quantitative estimate of drug-likeness (QED) is 0.420. The monoisotopic (exact) mass is 160 g/mol. The van der Waals surface area contributed by atoms with E-state index in [0.717, 1.165) is 0 Å². The van der Waals surface area contributed by atoms with Gasteiger partial charge in [-0.15, -0.1) is 0 Å². The summed E-state index contributed by atoms with van der Waals surface area (Å²) in [5.41, 5.74) is 0. The molecule has 0 nitrogen and oxygen atoms in total. The number of hydrogen-bond acceptors (Lipinski definition) is 0. The van der Waals surface area contributed by atoms with Crippen molar-refractivity contribution >= 4 is 15.0 Å². The summed E-state index contributed by atoms with van der Waals surface area (Å²) in [7, 11) is 0. The third-order valence-corrected chi connectivity index (χ3v) is 1.82. The van der Waals surface area contributed by atoms with Gasteiger partial charge in [-0.25, -0.2) is 0 Å². The van der Waals surface area contributed by atoms with Gasteiger partial charge in [-0.05, 0) is 0 Å². The molecular formula is C6H8Se. The molecule has 0 aliphatic rings. The Morgan fingerprint density at radius 3 is 3.00 bits per heavy atom. The van der Waals surface area contributed by atoms with Crippen LogP contribution in [-0.2, 0) is 0 Å². The summed E-state index contributed by atoms with van der Waals surface area (Å²) in [5, 5.41) is 1.24. The summed E-state index contributed by atoms with van der Waals surface area (Å²) < 4.78 is 0. The van der Waals surface area contributed by atoms with E-state index in [2.05, 4.69) is 17.8 Å². The normalized spacial score (nSPS) is 9.14. The van der Waals surface area contributed by atoms with E-state index in [1.807, 2.05) is 0 Å². The summed E-state index contributed by atoms with van der Waals surface area (Å²) in [6.45, 7) is 2.15. The molecular weight excluding hydrogens is 151 g/mol. The van der Waals surface area contributed by atoms with E-state index in [0.29, 0.717) is 15.0 Å². The van der Waals surface area contributed by atoms with Gasteiger partial charge in [0.15, 0.2) is 0 Å². The molecule has 0 aromatic heterocycles. The standard InChI is InChI=1S/C6H8Se/c1-3-5-6-7-4-2/h1,5-6H,4H2,2H3. The van der Waals surface area contributed by atoms with E-state index in [-0.39, 0.29) is 0 Å². The first-order valence-corrected chi connectivity index (χ1v) is 4.34. The second-order valence-electron chi connectivity index (χ2n) is 0.925. The molecule has 0 spiro atoms. The number of rotatable bonds is 2. The summed E-state index contributed by atoms with van der Waals surface area (Å²) in [6.07, 6.45) is 6.71. The second-order valence-corrected chi connectivity index (χ2v) is 3.41. The van der Waals surface area contributed by atoms with Gasteiger partial charge >= 0.3 is 50.6 Å². The van der Waals surface area contributed by atoms with Crippen LogP contribution in [0.1, 0.15) is 6.92 Å². The van der Waals surface area contributed by atoms with Crippen LogP contribution in [-0.4, -0.2) is 15.0 Å². The zero-order chi connectivity index (χ0) is 5.54. The van der Waals surface area contributed by atoms with Gasteiger partial charge in [-0.2, -0.15) is 0 Å². The Labute approximate surface area is 51.2 Å². The Morgan fingerprint density at radius 1 is 1.86 bits per heavy atom. The molecule has 1 heteroatoms. The maximum atomic E-state index is 4.94. The van der Waals surface area contributed by atoms with Gasteiger partial charge in [0.05, 0.1) is 0 Å². The Balaban J connectivity index is 2.97. The molecule has 0 fully saturated rings. The van der Waals surface area contributed by atoms with E-state index in [9.17, 15) is 0 Å². The van der Waals surface area contributed by atoms with Crippen molar-refractivity contribution in [2.24, 2.45) is 0 Å². The van der Waals surface area contributed by atoms with Gasteiger partial charge in [0.2, 0.25) is 0 Å². The van der Waals surface area contributed by atoms with Crippen molar-refractivity contribution in [1.82, 2.24) is 0 Å². The fourth-order valence-corrected chi connectivity index (χ4v) is 0.954. The molecule has 0 aromatic carbocycles. The molecule has 0 amide bonds. The zero-order valence-electron chi connectivity index (χ0n) is 4.35. The first-order valence-electron chi connectivity index (χ1n) is 2.14. The Bertz CT molecular complexity index is 86.8. The first-order chi connectivity index (χ1) is 3.41. The topological polar surface area (TPSA) is 0 Å². The molecule has 0 aromatic rings. The fourth-order valence-electron chi connectivity index (χ4n) is 0.184. The number of hydrogen-bond donors (Lipinski definition) is 0. The Morgan fingerprint density at radius 2 is 2.57 bits per heavy atom. The van der Waals surface area contributed by atoms with Gasteiger partial charge < -0.3 is 0 Å². The molecule has 0 saturated heterocycles. The van der Waals surface area contributed by atoms with E-state index >= 15 is 0 Å². The third kappa shape index (κ3) is 5.82. The van der Waals surface area contributed by atoms with E-state index < -0.39 is 0 Å². The third-order valence-electron chi connectivity index (χ3n) is 0.427. The van der Waals surface area contributed by atoms with Crippen molar-refractivity contribution < 1.29 is 0 Å². The van der Waals surface area contributed by atoms with Crippen molar-refractivity contribution in [2.75, 3.05) is 0 Å². The van der Waals surface area contributed by atoms with Crippen molar-refractivity contribution in [3.05, 3.63) is 11.1 Å². The van der Waals surface area contributed by atoms with E-state index in [4.69, 9.17) is 6.42 Å². The molecule has 0 radical (unpaired) electrons. The molecule has 0 aliphatic heterocycles. The summed E-state index contributed by atoms with van der Waals surface area (Å²) in [4.78, 5) is 2.06. The molecule has 0 bridgehead atoms. The second kappa shape index (κ2) is 5.82. The van der Waals surface area contributed by atoms with Gasteiger partial charge in [-0.3, -0.25) is 0 Å². The molecule has 7 heavy (non-hydrogen) atoms.